The summed E-state index contributed by atoms with van der Waals surface area (Å²) in [6, 6.07) is 5.50. The molecule has 0 aliphatic rings. The Morgan fingerprint density at radius 3 is 2.57 bits per heavy atom. The summed E-state index contributed by atoms with van der Waals surface area (Å²) >= 11 is 0. The lowest BCUT2D eigenvalue weighted by atomic mass is 10.1. The number of hydrogen-bond acceptors (Lipinski definition) is 3. The minimum atomic E-state index is -0.704. The highest BCUT2D eigenvalue weighted by Gasteiger charge is 2.14. The fourth-order valence-corrected chi connectivity index (χ4v) is 1.18. The zero-order valence-electron chi connectivity index (χ0n) is 8.03. The van der Waals surface area contributed by atoms with Crippen LogP contribution in [-0.2, 0) is 0 Å². The zero-order valence-corrected chi connectivity index (χ0v) is 8.03. The van der Waals surface area contributed by atoms with Crippen LogP contribution in [0.5, 0.6) is 5.75 Å². The summed E-state index contributed by atoms with van der Waals surface area (Å²) in [5, 5.41) is 17.8. The molecule has 0 bridgehead atoms. The molecule has 1 aromatic rings. The number of phenolic OH excluding ortho intramolecular Hbond substituents is 1. The van der Waals surface area contributed by atoms with Gasteiger partial charge in [0.05, 0.1) is 6.07 Å². The third-order valence-electron chi connectivity index (χ3n) is 1.93. The lowest BCUT2D eigenvalue weighted by Gasteiger charge is -2.17. The van der Waals surface area contributed by atoms with Crippen molar-refractivity contribution in [1.82, 2.24) is 4.90 Å². The molecule has 0 aromatic heterocycles. The molecule has 0 fully saturated rings. The van der Waals surface area contributed by atoms with Crippen LogP contribution in [0, 0.1) is 17.1 Å². The van der Waals surface area contributed by atoms with Crippen LogP contribution >= 0.6 is 0 Å². The maximum Gasteiger partial charge on any atom is 0.165 e. The van der Waals surface area contributed by atoms with Crippen LogP contribution in [0.15, 0.2) is 18.2 Å². The van der Waals surface area contributed by atoms with Crippen LogP contribution in [0.4, 0.5) is 4.39 Å². The molecular weight excluding hydrogens is 183 g/mol. The highest BCUT2D eigenvalue weighted by atomic mass is 19.1. The predicted octanol–water partition coefficient (Wildman–Crippen LogP) is 1.66. The summed E-state index contributed by atoms with van der Waals surface area (Å²) in [7, 11) is 3.47. The Morgan fingerprint density at radius 2 is 2.14 bits per heavy atom. The van der Waals surface area contributed by atoms with Crippen LogP contribution in [0.25, 0.3) is 0 Å². The Hall–Kier alpha value is -1.60. The van der Waals surface area contributed by atoms with E-state index in [4.69, 9.17) is 10.4 Å². The first-order valence-electron chi connectivity index (χ1n) is 4.10. The second kappa shape index (κ2) is 4.07. The molecule has 14 heavy (non-hydrogen) atoms. The van der Waals surface area contributed by atoms with Gasteiger partial charge in [0.25, 0.3) is 0 Å². The molecule has 1 N–H and O–H groups in total. The van der Waals surface area contributed by atoms with E-state index in [0.717, 1.165) is 0 Å². The first kappa shape index (κ1) is 10.5. The van der Waals surface area contributed by atoms with Gasteiger partial charge in [-0.15, -0.1) is 0 Å². The van der Waals surface area contributed by atoms with Gasteiger partial charge in [-0.1, -0.05) is 6.07 Å². The topological polar surface area (TPSA) is 47.3 Å². The molecule has 74 valence electrons. The lowest BCUT2D eigenvalue weighted by molar-refractivity contribution is 0.356. The van der Waals surface area contributed by atoms with Crippen LogP contribution in [0.2, 0.25) is 0 Å². The van der Waals surface area contributed by atoms with Gasteiger partial charge >= 0.3 is 0 Å². The first-order chi connectivity index (χ1) is 6.56. The van der Waals surface area contributed by atoms with Crippen LogP contribution in [0.3, 0.4) is 0 Å². The van der Waals surface area contributed by atoms with Gasteiger partial charge in [0.1, 0.15) is 6.04 Å². The third kappa shape index (κ3) is 2.01. The van der Waals surface area contributed by atoms with Gasteiger partial charge in [-0.2, -0.15) is 5.26 Å². The van der Waals surface area contributed by atoms with Crippen molar-refractivity contribution in [2.45, 2.75) is 6.04 Å². The average Bonchev–Trinajstić information content (AvgIpc) is 2.11. The Morgan fingerprint density at radius 1 is 1.50 bits per heavy atom. The standard InChI is InChI=1S/C10H11FN2O/c1-13(2)9(6-12)7-3-4-10(14)8(11)5-7/h3-5,9,14H,1-2H3. The number of aromatic hydroxyl groups is 1. The van der Waals surface area contributed by atoms with Gasteiger partial charge in [-0.3, -0.25) is 4.90 Å². The fraction of sp³-hybridized carbons (Fsp3) is 0.300. The fourth-order valence-electron chi connectivity index (χ4n) is 1.18. The van der Waals surface area contributed by atoms with Gasteiger partial charge in [0.2, 0.25) is 0 Å². The molecule has 1 unspecified atom stereocenters. The average molecular weight is 194 g/mol. The quantitative estimate of drug-likeness (QED) is 0.778. The van der Waals surface area contributed by atoms with E-state index in [9.17, 15) is 4.39 Å². The van der Waals surface area contributed by atoms with Gasteiger partial charge in [0.15, 0.2) is 11.6 Å². The molecule has 0 aliphatic carbocycles. The Bertz CT molecular complexity index is 371. The summed E-state index contributed by atoms with van der Waals surface area (Å²) in [4.78, 5) is 1.67. The Balaban J connectivity index is 3.08. The van der Waals surface area contributed by atoms with Crippen molar-refractivity contribution >= 4 is 0 Å². The second-order valence-electron chi connectivity index (χ2n) is 3.21. The normalized spacial score (nSPS) is 12.5. The third-order valence-corrected chi connectivity index (χ3v) is 1.93. The van der Waals surface area contributed by atoms with E-state index in [1.165, 1.54) is 18.2 Å². The molecule has 0 radical (unpaired) electrons. The number of halogens is 1. The monoisotopic (exact) mass is 194 g/mol. The summed E-state index contributed by atoms with van der Waals surface area (Å²) in [5.74, 6) is -1.10. The largest absolute Gasteiger partial charge is 0.505 e. The lowest BCUT2D eigenvalue weighted by Crippen LogP contribution is -2.18. The van der Waals surface area contributed by atoms with Crippen molar-refractivity contribution in [1.29, 1.82) is 5.26 Å². The number of phenols is 1. The highest BCUT2D eigenvalue weighted by Crippen LogP contribution is 2.22. The van der Waals surface area contributed by atoms with E-state index in [2.05, 4.69) is 0 Å². The van der Waals surface area contributed by atoms with Crippen LogP contribution in [0.1, 0.15) is 11.6 Å². The number of benzene rings is 1. The molecule has 4 heteroatoms. The zero-order chi connectivity index (χ0) is 10.7. The van der Waals surface area contributed by atoms with Crippen LogP contribution in [-0.4, -0.2) is 24.1 Å². The van der Waals surface area contributed by atoms with Gasteiger partial charge in [0, 0.05) is 0 Å². The van der Waals surface area contributed by atoms with Crippen molar-refractivity contribution in [2.75, 3.05) is 14.1 Å². The van der Waals surface area contributed by atoms with Crippen molar-refractivity contribution in [3.05, 3.63) is 29.6 Å². The second-order valence-corrected chi connectivity index (χ2v) is 3.21. The smallest absolute Gasteiger partial charge is 0.165 e. The maximum atomic E-state index is 13.0. The number of nitriles is 1. The molecular formula is C10H11FN2O. The molecule has 3 nitrogen and oxygen atoms in total. The number of rotatable bonds is 2. The molecule has 0 heterocycles. The first-order valence-corrected chi connectivity index (χ1v) is 4.10. The van der Waals surface area contributed by atoms with E-state index in [-0.39, 0.29) is 0 Å². The highest BCUT2D eigenvalue weighted by molar-refractivity contribution is 5.32. The molecule has 0 spiro atoms. The SMILES string of the molecule is CN(C)C(C#N)c1ccc(O)c(F)c1. The van der Waals surface area contributed by atoms with Crippen molar-refractivity contribution in [3.63, 3.8) is 0 Å². The molecule has 1 atom stereocenters. The van der Waals surface area contributed by atoms with Crippen molar-refractivity contribution < 1.29 is 9.50 Å². The summed E-state index contributed by atoms with van der Waals surface area (Å²) < 4.78 is 13.0. The van der Waals surface area contributed by atoms with Gasteiger partial charge < -0.3 is 5.11 Å². The summed E-state index contributed by atoms with van der Waals surface area (Å²) in [6.45, 7) is 0. The summed E-state index contributed by atoms with van der Waals surface area (Å²) in [5.41, 5.74) is 0.535. The number of nitrogens with zero attached hydrogens (tertiary/aromatic N) is 2. The summed E-state index contributed by atoms with van der Waals surface area (Å²) in [6.07, 6.45) is 0. The molecule has 1 aromatic carbocycles. The van der Waals surface area contributed by atoms with E-state index < -0.39 is 17.6 Å². The molecule has 0 saturated heterocycles. The van der Waals surface area contributed by atoms with Crippen molar-refractivity contribution in [2.24, 2.45) is 0 Å². The van der Waals surface area contributed by atoms with Gasteiger partial charge in [-0.25, -0.2) is 4.39 Å². The van der Waals surface area contributed by atoms with Crippen molar-refractivity contribution in [3.8, 4) is 11.8 Å². The molecule has 0 amide bonds. The Labute approximate surface area is 82.0 Å². The Kier molecular flexibility index (Phi) is 3.05. The van der Waals surface area contributed by atoms with E-state index >= 15 is 0 Å². The van der Waals surface area contributed by atoms with Gasteiger partial charge in [-0.05, 0) is 31.8 Å². The van der Waals surface area contributed by atoms with E-state index in [1.54, 1.807) is 19.0 Å². The number of hydrogen-bond donors (Lipinski definition) is 1. The maximum absolute atomic E-state index is 13.0. The molecule has 1 rings (SSSR count). The van der Waals surface area contributed by atoms with E-state index in [0.29, 0.717) is 5.56 Å². The molecule has 0 aliphatic heterocycles. The minimum Gasteiger partial charge on any atom is -0.505 e. The predicted molar refractivity (Wildman–Crippen MR) is 50.1 cm³/mol. The molecule has 0 saturated carbocycles. The van der Waals surface area contributed by atoms with E-state index in [1.807, 2.05) is 6.07 Å². The minimum absolute atomic E-state index is 0.399. The van der Waals surface area contributed by atoms with Crippen LogP contribution < -0.4 is 0 Å².